The van der Waals surface area contributed by atoms with E-state index in [1.165, 1.54) is 10.4 Å². The second kappa shape index (κ2) is 6.14. The molecule has 3 nitrogen and oxygen atoms in total. The summed E-state index contributed by atoms with van der Waals surface area (Å²) in [6, 6.07) is 2.07. The van der Waals surface area contributed by atoms with Gasteiger partial charge in [-0.15, -0.1) is 11.3 Å². The number of rotatable bonds is 6. The van der Waals surface area contributed by atoms with Crippen LogP contribution in [-0.4, -0.2) is 26.9 Å². The van der Waals surface area contributed by atoms with E-state index >= 15 is 0 Å². The summed E-state index contributed by atoms with van der Waals surface area (Å²) in [6.45, 7) is 3.86. The van der Waals surface area contributed by atoms with Gasteiger partial charge in [0.1, 0.15) is 0 Å². The first-order valence-corrected chi connectivity index (χ1v) is 5.50. The molecular weight excluding hydrogens is 198 g/mol. The van der Waals surface area contributed by atoms with Crippen LogP contribution in [0.2, 0.25) is 0 Å². The first-order valence-electron chi connectivity index (χ1n) is 4.62. The fraction of sp³-hybridized carbons (Fsp3) is 0.600. The van der Waals surface area contributed by atoms with Crippen LogP contribution in [0.15, 0.2) is 11.4 Å². The third-order valence-electron chi connectivity index (χ3n) is 1.97. The van der Waals surface area contributed by atoms with E-state index < -0.39 is 0 Å². The molecule has 0 saturated carbocycles. The highest BCUT2D eigenvalue weighted by atomic mass is 32.1. The van der Waals surface area contributed by atoms with E-state index in [4.69, 9.17) is 15.2 Å². The number of methoxy groups -OCH3 is 1. The van der Waals surface area contributed by atoms with E-state index in [1.807, 2.05) is 0 Å². The van der Waals surface area contributed by atoms with Crippen LogP contribution < -0.4 is 5.73 Å². The van der Waals surface area contributed by atoms with E-state index in [-0.39, 0.29) is 6.04 Å². The molecule has 1 rings (SSSR count). The van der Waals surface area contributed by atoms with E-state index in [9.17, 15) is 0 Å². The zero-order valence-electron chi connectivity index (χ0n) is 8.66. The van der Waals surface area contributed by atoms with E-state index in [1.54, 1.807) is 18.4 Å². The fourth-order valence-corrected chi connectivity index (χ4v) is 2.11. The SMILES string of the molecule is COCCOCC(N)c1sccc1C. The Hall–Kier alpha value is -0.420. The van der Waals surface area contributed by atoms with Crippen molar-refractivity contribution >= 4 is 11.3 Å². The minimum atomic E-state index is -0.00754. The number of thiophene rings is 1. The minimum absolute atomic E-state index is 0.00754. The zero-order valence-corrected chi connectivity index (χ0v) is 9.47. The molecule has 0 amide bonds. The number of hydrogen-bond acceptors (Lipinski definition) is 4. The monoisotopic (exact) mass is 215 g/mol. The van der Waals surface area contributed by atoms with Crippen molar-refractivity contribution in [3.05, 3.63) is 21.9 Å². The van der Waals surface area contributed by atoms with Gasteiger partial charge in [0.25, 0.3) is 0 Å². The predicted octanol–water partition coefficient (Wildman–Crippen LogP) is 1.72. The summed E-state index contributed by atoms with van der Waals surface area (Å²) >= 11 is 1.69. The van der Waals surface area contributed by atoms with Crippen LogP contribution >= 0.6 is 11.3 Å². The average Bonchev–Trinajstić information content (AvgIpc) is 2.59. The highest BCUT2D eigenvalue weighted by Crippen LogP contribution is 2.22. The summed E-state index contributed by atoms with van der Waals surface area (Å²) in [5.41, 5.74) is 7.22. The lowest BCUT2D eigenvalue weighted by atomic mass is 10.2. The molecule has 80 valence electrons. The molecule has 0 aliphatic carbocycles. The molecule has 0 aromatic carbocycles. The number of nitrogens with two attached hydrogens (primary N) is 1. The third-order valence-corrected chi connectivity index (χ3v) is 3.12. The van der Waals surface area contributed by atoms with Gasteiger partial charge in [-0.25, -0.2) is 0 Å². The number of ether oxygens (including phenoxy) is 2. The van der Waals surface area contributed by atoms with E-state index in [2.05, 4.69) is 18.4 Å². The topological polar surface area (TPSA) is 44.5 Å². The quantitative estimate of drug-likeness (QED) is 0.735. The van der Waals surface area contributed by atoms with E-state index in [0.717, 1.165) is 0 Å². The van der Waals surface area contributed by atoms with Gasteiger partial charge in [0.15, 0.2) is 0 Å². The average molecular weight is 215 g/mol. The standard InChI is InChI=1S/C10H17NO2S/c1-8-3-6-14-10(8)9(11)7-13-5-4-12-2/h3,6,9H,4-5,7,11H2,1-2H3. The summed E-state index contributed by atoms with van der Waals surface area (Å²) in [5, 5.41) is 2.06. The van der Waals surface area contributed by atoms with Crippen molar-refractivity contribution in [2.75, 3.05) is 26.9 Å². The Morgan fingerprint density at radius 1 is 1.50 bits per heavy atom. The van der Waals surface area contributed by atoms with Crippen molar-refractivity contribution < 1.29 is 9.47 Å². The van der Waals surface area contributed by atoms with Gasteiger partial charge in [-0.2, -0.15) is 0 Å². The van der Waals surface area contributed by atoms with Crippen LogP contribution in [-0.2, 0) is 9.47 Å². The summed E-state index contributed by atoms with van der Waals surface area (Å²) in [6.07, 6.45) is 0. The number of aryl methyl sites for hydroxylation is 1. The number of hydrogen-bond donors (Lipinski definition) is 1. The molecule has 1 unspecified atom stereocenters. The lowest BCUT2D eigenvalue weighted by molar-refractivity contribution is 0.0639. The van der Waals surface area contributed by atoms with Crippen LogP contribution in [0.5, 0.6) is 0 Å². The van der Waals surface area contributed by atoms with Crippen molar-refractivity contribution in [1.29, 1.82) is 0 Å². The molecule has 0 saturated heterocycles. The lowest BCUT2D eigenvalue weighted by Gasteiger charge is -2.11. The second-order valence-electron chi connectivity index (χ2n) is 3.14. The Morgan fingerprint density at radius 3 is 2.86 bits per heavy atom. The third kappa shape index (κ3) is 3.38. The smallest absolute Gasteiger partial charge is 0.0701 e. The molecule has 4 heteroatoms. The Balaban J connectivity index is 2.28. The van der Waals surface area contributed by atoms with Crippen molar-refractivity contribution in [2.45, 2.75) is 13.0 Å². The first-order chi connectivity index (χ1) is 6.75. The molecule has 0 fully saturated rings. The molecule has 2 N–H and O–H groups in total. The molecule has 0 radical (unpaired) electrons. The largest absolute Gasteiger partial charge is 0.382 e. The molecular formula is C10H17NO2S. The molecule has 1 aromatic heterocycles. The van der Waals surface area contributed by atoms with Gasteiger partial charge in [0, 0.05) is 12.0 Å². The maximum Gasteiger partial charge on any atom is 0.0701 e. The highest BCUT2D eigenvalue weighted by Gasteiger charge is 2.09. The van der Waals surface area contributed by atoms with Gasteiger partial charge in [0.05, 0.1) is 25.9 Å². The second-order valence-corrected chi connectivity index (χ2v) is 4.09. The molecule has 14 heavy (non-hydrogen) atoms. The van der Waals surface area contributed by atoms with Crippen molar-refractivity contribution in [3.8, 4) is 0 Å². The van der Waals surface area contributed by atoms with Crippen LogP contribution in [0.25, 0.3) is 0 Å². The maximum absolute atomic E-state index is 5.97. The summed E-state index contributed by atoms with van der Waals surface area (Å²) in [5.74, 6) is 0. The Morgan fingerprint density at radius 2 is 2.29 bits per heavy atom. The summed E-state index contributed by atoms with van der Waals surface area (Å²) < 4.78 is 10.2. The Bertz CT molecular complexity index is 262. The van der Waals surface area contributed by atoms with Crippen molar-refractivity contribution in [2.24, 2.45) is 5.73 Å². The van der Waals surface area contributed by atoms with Crippen LogP contribution in [0.4, 0.5) is 0 Å². The first kappa shape index (κ1) is 11.7. The highest BCUT2D eigenvalue weighted by molar-refractivity contribution is 7.10. The minimum Gasteiger partial charge on any atom is -0.382 e. The van der Waals surface area contributed by atoms with E-state index in [0.29, 0.717) is 19.8 Å². The van der Waals surface area contributed by atoms with Crippen molar-refractivity contribution in [1.82, 2.24) is 0 Å². The maximum atomic E-state index is 5.97. The predicted molar refractivity (Wildman–Crippen MR) is 58.7 cm³/mol. The summed E-state index contributed by atoms with van der Waals surface area (Å²) in [4.78, 5) is 1.21. The summed E-state index contributed by atoms with van der Waals surface area (Å²) in [7, 11) is 1.66. The normalized spacial score (nSPS) is 13.1. The zero-order chi connectivity index (χ0) is 10.4. The molecule has 1 atom stereocenters. The Kier molecular flexibility index (Phi) is 5.11. The molecule has 1 aromatic rings. The molecule has 1 heterocycles. The van der Waals surface area contributed by atoms with Crippen LogP contribution in [0, 0.1) is 6.92 Å². The van der Waals surface area contributed by atoms with Crippen molar-refractivity contribution in [3.63, 3.8) is 0 Å². The van der Waals surface area contributed by atoms with Crippen LogP contribution in [0.1, 0.15) is 16.5 Å². The van der Waals surface area contributed by atoms with Gasteiger partial charge < -0.3 is 15.2 Å². The lowest BCUT2D eigenvalue weighted by Crippen LogP contribution is -2.18. The van der Waals surface area contributed by atoms with Gasteiger partial charge in [-0.05, 0) is 23.9 Å². The van der Waals surface area contributed by atoms with Gasteiger partial charge in [0.2, 0.25) is 0 Å². The van der Waals surface area contributed by atoms with Crippen LogP contribution in [0.3, 0.4) is 0 Å². The Labute approximate surface area is 88.8 Å². The molecule has 0 aliphatic rings. The molecule has 0 spiro atoms. The van der Waals surface area contributed by atoms with Gasteiger partial charge in [-0.3, -0.25) is 0 Å². The van der Waals surface area contributed by atoms with Gasteiger partial charge in [-0.1, -0.05) is 0 Å². The van der Waals surface area contributed by atoms with Gasteiger partial charge >= 0.3 is 0 Å². The molecule has 0 bridgehead atoms. The molecule has 0 aliphatic heterocycles. The fourth-order valence-electron chi connectivity index (χ4n) is 1.19.